The van der Waals surface area contributed by atoms with E-state index in [9.17, 15) is 0 Å². The molecule has 0 spiro atoms. The van der Waals surface area contributed by atoms with E-state index in [1.165, 1.54) is 11.1 Å². The number of nitrogens with two attached hydrogens (primary N) is 1. The van der Waals surface area contributed by atoms with Crippen molar-refractivity contribution < 1.29 is 4.74 Å². The zero-order valence-electron chi connectivity index (χ0n) is 9.79. The molecule has 0 amide bonds. The summed E-state index contributed by atoms with van der Waals surface area (Å²) in [6.07, 6.45) is 3.37. The zero-order valence-corrected chi connectivity index (χ0v) is 10.6. The van der Waals surface area contributed by atoms with Crippen LogP contribution < -0.4 is 10.5 Å². The van der Waals surface area contributed by atoms with Crippen LogP contribution in [0.15, 0.2) is 12.1 Å². The first-order chi connectivity index (χ1) is 7.60. The topological polar surface area (TPSA) is 35.2 Å². The van der Waals surface area contributed by atoms with Gasteiger partial charge in [-0.2, -0.15) is 0 Å². The van der Waals surface area contributed by atoms with Gasteiger partial charge in [-0.15, -0.1) is 0 Å². The molecular weight excluding hydrogens is 222 g/mol. The quantitative estimate of drug-likeness (QED) is 0.880. The summed E-state index contributed by atoms with van der Waals surface area (Å²) >= 11 is 6.13. The number of rotatable bonds is 3. The number of hydrogen-bond donors (Lipinski definition) is 1. The molecule has 1 saturated carbocycles. The van der Waals surface area contributed by atoms with Crippen LogP contribution in [0.1, 0.15) is 24.0 Å². The Balaban J connectivity index is 2.12. The Morgan fingerprint density at radius 2 is 2.12 bits per heavy atom. The molecule has 0 aliphatic heterocycles. The number of halogens is 1. The van der Waals surface area contributed by atoms with Crippen LogP contribution in [0.2, 0.25) is 5.02 Å². The maximum absolute atomic E-state index is 6.13. The molecule has 0 atom stereocenters. The van der Waals surface area contributed by atoms with Crippen LogP contribution in [0.3, 0.4) is 0 Å². The molecule has 1 aromatic rings. The van der Waals surface area contributed by atoms with Crippen molar-refractivity contribution in [1.82, 2.24) is 0 Å². The smallest absolute Gasteiger partial charge is 0.137 e. The van der Waals surface area contributed by atoms with Crippen LogP contribution in [-0.2, 0) is 6.42 Å². The Hall–Kier alpha value is -0.730. The predicted molar refractivity (Wildman–Crippen MR) is 67.1 cm³/mol. The maximum Gasteiger partial charge on any atom is 0.137 e. The third-order valence-electron chi connectivity index (χ3n) is 3.39. The highest BCUT2D eigenvalue weighted by atomic mass is 35.5. The van der Waals surface area contributed by atoms with Gasteiger partial charge in [0.05, 0.1) is 12.1 Å². The van der Waals surface area contributed by atoms with Crippen molar-refractivity contribution in [2.75, 3.05) is 7.11 Å². The summed E-state index contributed by atoms with van der Waals surface area (Å²) in [5.74, 6) is 1.49. The number of aryl methyl sites for hydroxylation is 1. The first-order valence-corrected chi connectivity index (χ1v) is 6.06. The van der Waals surface area contributed by atoms with Gasteiger partial charge in [-0.3, -0.25) is 0 Å². The molecule has 0 radical (unpaired) electrons. The van der Waals surface area contributed by atoms with Gasteiger partial charge in [0.15, 0.2) is 0 Å². The van der Waals surface area contributed by atoms with Gasteiger partial charge >= 0.3 is 0 Å². The molecule has 1 fully saturated rings. The van der Waals surface area contributed by atoms with Crippen LogP contribution in [0.25, 0.3) is 0 Å². The molecule has 0 bridgehead atoms. The molecule has 0 aromatic heterocycles. The largest absolute Gasteiger partial charge is 0.495 e. The average molecular weight is 240 g/mol. The number of benzene rings is 1. The second-order valence-corrected chi connectivity index (χ2v) is 5.12. The molecule has 88 valence electrons. The average Bonchev–Trinajstić information content (AvgIpc) is 2.20. The molecule has 2 N–H and O–H groups in total. The highest BCUT2D eigenvalue weighted by molar-refractivity contribution is 6.32. The van der Waals surface area contributed by atoms with Crippen molar-refractivity contribution in [3.63, 3.8) is 0 Å². The second kappa shape index (κ2) is 4.64. The Bertz CT molecular complexity index is 386. The van der Waals surface area contributed by atoms with E-state index >= 15 is 0 Å². The molecule has 0 saturated heterocycles. The van der Waals surface area contributed by atoms with E-state index in [1.807, 2.05) is 12.1 Å². The van der Waals surface area contributed by atoms with Crippen molar-refractivity contribution >= 4 is 11.6 Å². The van der Waals surface area contributed by atoms with E-state index in [2.05, 4.69) is 6.92 Å². The maximum atomic E-state index is 6.13. The summed E-state index contributed by atoms with van der Waals surface area (Å²) in [7, 11) is 1.64. The van der Waals surface area contributed by atoms with Gasteiger partial charge in [-0.25, -0.2) is 0 Å². The lowest BCUT2D eigenvalue weighted by Crippen LogP contribution is -2.37. The van der Waals surface area contributed by atoms with Crippen molar-refractivity contribution in [1.29, 1.82) is 0 Å². The number of methoxy groups -OCH3 is 1. The SMILES string of the molecule is COc1cc(C)c(CC2CC(N)C2)cc1Cl. The predicted octanol–water partition coefficient (Wildman–Crippen LogP) is 2.94. The fraction of sp³-hybridized carbons (Fsp3) is 0.538. The van der Waals surface area contributed by atoms with Crippen molar-refractivity contribution in [2.24, 2.45) is 11.7 Å². The monoisotopic (exact) mass is 239 g/mol. The Morgan fingerprint density at radius 3 is 2.69 bits per heavy atom. The van der Waals surface area contributed by atoms with Gasteiger partial charge in [-0.1, -0.05) is 11.6 Å². The van der Waals surface area contributed by atoms with E-state index in [0.29, 0.717) is 11.1 Å². The van der Waals surface area contributed by atoms with E-state index in [1.54, 1.807) is 7.11 Å². The lowest BCUT2D eigenvalue weighted by molar-refractivity contribution is 0.264. The number of ether oxygens (including phenoxy) is 1. The third kappa shape index (κ3) is 2.33. The van der Waals surface area contributed by atoms with Gasteiger partial charge in [0, 0.05) is 6.04 Å². The minimum atomic E-state index is 0.416. The summed E-state index contributed by atoms with van der Waals surface area (Å²) < 4.78 is 5.19. The summed E-state index contributed by atoms with van der Waals surface area (Å²) in [5.41, 5.74) is 8.36. The Kier molecular flexibility index (Phi) is 3.41. The molecule has 16 heavy (non-hydrogen) atoms. The van der Waals surface area contributed by atoms with Crippen molar-refractivity contribution in [2.45, 2.75) is 32.2 Å². The highest BCUT2D eigenvalue weighted by Crippen LogP contribution is 2.33. The molecule has 1 aliphatic rings. The summed E-state index contributed by atoms with van der Waals surface area (Å²) in [6.45, 7) is 2.10. The Morgan fingerprint density at radius 1 is 1.44 bits per heavy atom. The first kappa shape index (κ1) is 11.7. The Labute approximate surface area is 102 Å². The van der Waals surface area contributed by atoms with Crippen LogP contribution in [0.5, 0.6) is 5.75 Å². The summed E-state index contributed by atoms with van der Waals surface area (Å²) in [4.78, 5) is 0. The minimum Gasteiger partial charge on any atom is -0.495 e. The summed E-state index contributed by atoms with van der Waals surface area (Å²) in [5, 5.41) is 0.701. The number of hydrogen-bond acceptors (Lipinski definition) is 2. The van der Waals surface area contributed by atoms with Gasteiger partial charge in [0.2, 0.25) is 0 Å². The van der Waals surface area contributed by atoms with Crippen LogP contribution in [0.4, 0.5) is 0 Å². The van der Waals surface area contributed by atoms with Gasteiger partial charge in [0.1, 0.15) is 5.75 Å². The van der Waals surface area contributed by atoms with Gasteiger partial charge in [-0.05, 0) is 55.4 Å². The van der Waals surface area contributed by atoms with E-state index in [4.69, 9.17) is 22.1 Å². The molecule has 1 aromatic carbocycles. The van der Waals surface area contributed by atoms with E-state index in [0.717, 1.165) is 30.9 Å². The molecule has 3 heteroatoms. The lowest BCUT2D eigenvalue weighted by atomic mass is 9.76. The zero-order chi connectivity index (χ0) is 11.7. The lowest BCUT2D eigenvalue weighted by Gasteiger charge is -2.33. The fourth-order valence-electron chi connectivity index (χ4n) is 2.34. The minimum absolute atomic E-state index is 0.416. The summed E-state index contributed by atoms with van der Waals surface area (Å²) in [6, 6.07) is 4.45. The third-order valence-corrected chi connectivity index (χ3v) is 3.69. The van der Waals surface area contributed by atoms with Crippen LogP contribution in [0, 0.1) is 12.8 Å². The molecular formula is C13H18ClNO. The van der Waals surface area contributed by atoms with Gasteiger partial charge in [0.25, 0.3) is 0 Å². The molecule has 0 heterocycles. The van der Waals surface area contributed by atoms with Crippen LogP contribution >= 0.6 is 11.6 Å². The molecule has 2 nitrogen and oxygen atoms in total. The van der Waals surface area contributed by atoms with Crippen molar-refractivity contribution in [3.8, 4) is 5.75 Å². The standard InChI is InChI=1S/C13H18ClNO/c1-8-3-13(16-2)12(14)7-10(8)4-9-5-11(15)6-9/h3,7,9,11H,4-6,15H2,1-2H3. The second-order valence-electron chi connectivity index (χ2n) is 4.71. The molecule has 1 aliphatic carbocycles. The van der Waals surface area contributed by atoms with Crippen LogP contribution in [-0.4, -0.2) is 13.2 Å². The molecule has 0 unspecified atom stereocenters. The molecule has 2 rings (SSSR count). The van der Waals surface area contributed by atoms with E-state index < -0.39 is 0 Å². The fourth-order valence-corrected chi connectivity index (χ4v) is 2.60. The first-order valence-electron chi connectivity index (χ1n) is 5.68. The van der Waals surface area contributed by atoms with Gasteiger partial charge < -0.3 is 10.5 Å². The van der Waals surface area contributed by atoms with E-state index in [-0.39, 0.29) is 0 Å². The highest BCUT2D eigenvalue weighted by Gasteiger charge is 2.26. The normalized spacial score (nSPS) is 24.0. The van der Waals surface area contributed by atoms with Crippen molar-refractivity contribution in [3.05, 3.63) is 28.3 Å².